The van der Waals surface area contributed by atoms with Gasteiger partial charge in [-0.3, -0.25) is 0 Å². The summed E-state index contributed by atoms with van der Waals surface area (Å²) in [4.78, 5) is 2.23. The monoisotopic (exact) mass is 341 g/mol. The van der Waals surface area contributed by atoms with E-state index in [1.54, 1.807) is 0 Å². The molecule has 0 spiro atoms. The quantitative estimate of drug-likeness (QED) is 0.401. The fraction of sp³-hybridized carbons (Fsp3) is 0.789. The summed E-state index contributed by atoms with van der Waals surface area (Å²) in [5.74, 6) is 0. The van der Waals surface area contributed by atoms with Crippen LogP contribution < -0.4 is 0 Å². The summed E-state index contributed by atoms with van der Waals surface area (Å²) in [5.41, 5.74) is 1.19. The summed E-state index contributed by atoms with van der Waals surface area (Å²) in [7, 11) is -1.41. The zero-order valence-electron chi connectivity index (χ0n) is 16.3. The Morgan fingerprint density at radius 3 is 2.22 bits per heavy atom. The molecule has 0 amide bonds. The lowest BCUT2D eigenvalue weighted by molar-refractivity contribution is 0.0271. The number of ether oxygens (including phenoxy) is 1. The van der Waals surface area contributed by atoms with E-state index in [2.05, 4.69) is 58.7 Å². The topological polar surface area (TPSA) is 32.7 Å². The van der Waals surface area contributed by atoms with Crippen LogP contribution >= 0.6 is 0 Å². The summed E-state index contributed by atoms with van der Waals surface area (Å²) in [6, 6.07) is 2.47. The maximum Gasteiger partial charge on any atom is 0.0900 e. The third-order valence-electron chi connectivity index (χ3n) is 4.96. The minimum absolute atomic E-state index is 0.409. The molecule has 3 nitrogen and oxygen atoms in total. The molecule has 4 heteroatoms. The fourth-order valence-corrected chi connectivity index (χ4v) is 5.07. The van der Waals surface area contributed by atoms with Gasteiger partial charge in [0.25, 0.3) is 0 Å². The largest absolute Gasteiger partial charge is 0.389 e. The van der Waals surface area contributed by atoms with Gasteiger partial charge in [-0.2, -0.15) is 0 Å². The van der Waals surface area contributed by atoms with Crippen molar-refractivity contribution in [2.45, 2.75) is 65.8 Å². The van der Waals surface area contributed by atoms with Crippen LogP contribution in [0.2, 0.25) is 18.6 Å². The molecule has 0 aromatic carbocycles. The van der Waals surface area contributed by atoms with Crippen molar-refractivity contribution < 1.29 is 9.84 Å². The molecule has 0 aliphatic carbocycles. The van der Waals surface area contributed by atoms with Crippen LogP contribution in [0.4, 0.5) is 0 Å². The number of hydrogen-bond donors (Lipinski definition) is 1. The number of rotatable bonds is 13. The summed E-state index contributed by atoms with van der Waals surface area (Å²) in [6.45, 7) is 21.0. The minimum atomic E-state index is -1.41. The Labute approximate surface area is 145 Å². The Bertz CT molecular complexity index is 360. The fourth-order valence-electron chi connectivity index (χ4n) is 2.62. The predicted molar refractivity (Wildman–Crippen MR) is 105 cm³/mol. The molecule has 0 saturated carbocycles. The predicted octanol–water partition coefficient (Wildman–Crippen LogP) is 4.26. The second kappa shape index (κ2) is 12.0. The lowest BCUT2D eigenvalue weighted by Gasteiger charge is -2.29. The van der Waals surface area contributed by atoms with Gasteiger partial charge in [0, 0.05) is 6.54 Å². The van der Waals surface area contributed by atoms with E-state index < -0.39 is 14.2 Å². The average molecular weight is 342 g/mol. The summed E-state index contributed by atoms with van der Waals surface area (Å²) in [6.07, 6.45) is 2.86. The van der Waals surface area contributed by atoms with Gasteiger partial charge in [-0.05, 0) is 26.4 Å². The molecule has 136 valence electrons. The molecule has 23 heavy (non-hydrogen) atoms. The first-order chi connectivity index (χ1) is 10.8. The zero-order valence-corrected chi connectivity index (χ0v) is 17.3. The smallest absolute Gasteiger partial charge is 0.0900 e. The molecular formula is C19H39NO2Si. The molecule has 0 saturated heterocycles. The highest BCUT2D eigenvalue weighted by atomic mass is 28.3. The number of hydrogen-bond acceptors (Lipinski definition) is 3. The van der Waals surface area contributed by atoms with Gasteiger partial charge in [0.05, 0.1) is 27.4 Å². The van der Waals surface area contributed by atoms with Crippen molar-refractivity contribution >= 4 is 8.07 Å². The molecule has 1 N–H and O–H groups in total. The summed E-state index contributed by atoms with van der Waals surface area (Å²) in [5, 5.41) is 11.6. The number of nitrogens with zero attached hydrogens (tertiary/aromatic N) is 1. The highest BCUT2D eigenvalue weighted by Crippen LogP contribution is 2.25. The van der Waals surface area contributed by atoms with E-state index in [0.29, 0.717) is 19.8 Å². The van der Waals surface area contributed by atoms with E-state index in [1.165, 1.54) is 22.9 Å². The Hall–Kier alpha value is -0.423. The van der Waals surface area contributed by atoms with Crippen molar-refractivity contribution in [2.24, 2.45) is 0 Å². The second-order valence-corrected chi connectivity index (χ2v) is 12.0. The van der Waals surface area contributed by atoms with Crippen LogP contribution in [0, 0.1) is 0 Å². The van der Waals surface area contributed by atoms with E-state index in [0.717, 1.165) is 19.5 Å². The number of aliphatic hydroxyl groups excluding tert-OH is 1. The molecule has 0 fully saturated rings. The Morgan fingerprint density at radius 1 is 1.22 bits per heavy atom. The number of aliphatic hydroxyl groups is 1. The molecular weight excluding hydrogens is 302 g/mol. The van der Waals surface area contributed by atoms with Crippen LogP contribution in [0.15, 0.2) is 23.4 Å². The zero-order chi connectivity index (χ0) is 17.9. The van der Waals surface area contributed by atoms with E-state index in [1.807, 2.05) is 0 Å². The van der Waals surface area contributed by atoms with Gasteiger partial charge in [0.2, 0.25) is 0 Å². The standard InChI is InChI=1S/C19H39NO2Si/c1-8-20(9-2)14-18(21)15-22-16-19(13-12-17(5)6)23(7,10-3)11-4/h13,18,21H,5,8-12,14-16H2,1-4,6-7H3. The molecule has 0 bridgehead atoms. The van der Waals surface area contributed by atoms with Crippen molar-refractivity contribution in [3.05, 3.63) is 23.4 Å². The molecule has 0 aromatic heterocycles. The van der Waals surface area contributed by atoms with Crippen molar-refractivity contribution in [3.63, 3.8) is 0 Å². The molecule has 1 unspecified atom stereocenters. The Kier molecular flexibility index (Phi) is 11.8. The van der Waals surface area contributed by atoms with Crippen LogP contribution in [-0.4, -0.2) is 57.0 Å². The van der Waals surface area contributed by atoms with Gasteiger partial charge < -0.3 is 14.7 Å². The Balaban J connectivity index is 4.62. The molecule has 0 aliphatic heterocycles. The van der Waals surface area contributed by atoms with E-state index in [9.17, 15) is 5.11 Å². The van der Waals surface area contributed by atoms with E-state index in [4.69, 9.17) is 4.74 Å². The maximum atomic E-state index is 10.1. The van der Waals surface area contributed by atoms with Gasteiger partial charge in [-0.15, -0.1) is 0 Å². The lowest BCUT2D eigenvalue weighted by Crippen LogP contribution is -2.37. The minimum Gasteiger partial charge on any atom is -0.389 e. The van der Waals surface area contributed by atoms with Crippen LogP contribution in [0.5, 0.6) is 0 Å². The van der Waals surface area contributed by atoms with E-state index >= 15 is 0 Å². The third kappa shape index (κ3) is 8.84. The highest BCUT2D eigenvalue weighted by Gasteiger charge is 2.27. The lowest BCUT2D eigenvalue weighted by atomic mass is 10.2. The van der Waals surface area contributed by atoms with Crippen molar-refractivity contribution in [3.8, 4) is 0 Å². The molecule has 1 atom stereocenters. The molecule has 0 aromatic rings. The highest BCUT2D eigenvalue weighted by molar-refractivity contribution is 6.85. The van der Waals surface area contributed by atoms with Gasteiger partial charge in [0.1, 0.15) is 0 Å². The van der Waals surface area contributed by atoms with Gasteiger partial charge in [-0.25, -0.2) is 0 Å². The Morgan fingerprint density at radius 2 is 1.78 bits per heavy atom. The van der Waals surface area contributed by atoms with Gasteiger partial charge >= 0.3 is 0 Å². The summed E-state index contributed by atoms with van der Waals surface area (Å²) < 4.78 is 5.89. The first-order valence-electron chi connectivity index (χ1n) is 9.14. The normalized spacial score (nSPS) is 14.3. The second-order valence-electron chi connectivity index (χ2n) is 6.81. The molecule has 0 heterocycles. The van der Waals surface area contributed by atoms with Gasteiger partial charge in [0.15, 0.2) is 0 Å². The van der Waals surface area contributed by atoms with Crippen molar-refractivity contribution in [2.75, 3.05) is 32.8 Å². The molecule has 0 aliphatic rings. The molecule has 0 radical (unpaired) electrons. The number of allylic oxidation sites excluding steroid dienone is 2. The first kappa shape index (κ1) is 22.6. The average Bonchev–Trinajstić information content (AvgIpc) is 2.54. The summed E-state index contributed by atoms with van der Waals surface area (Å²) >= 11 is 0. The van der Waals surface area contributed by atoms with Crippen LogP contribution in [0.1, 0.15) is 41.0 Å². The van der Waals surface area contributed by atoms with Crippen LogP contribution in [-0.2, 0) is 4.74 Å². The van der Waals surface area contributed by atoms with Crippen LogP contribution in [0.25, 0.3) is 0 Å². The number of likely N-dealkylation sites (N-methyl/N-ethyl adjacent to an activating group) is 1. The van der Waals surface area contributed by atoms with Crippen molar-refractivity contribution in [1.82, 2.24) is 4.90 Å². The van der Waals surface area contributed by atoms with Crippen LogP contribution in [0.3, 0.4) is 0 Å². The van der Waals surface area contributed by atoms with Gasteiger partial charge in [-0.1, -0.05) is 69.8 Å². The SMILES string of the molecule is C=C(C)CC=C(COCC(O)CN(CC)CC)[Si](C)(CC)CC. The van der Waals surface area contributed by atoms with Crippen molar-refractivity contribution in [1.29, 1.82) is 0 Å². The third-order valence-corrected chi connectivity index (χ3v) is 9.98. The molecule has 0 rings (SSSR count). The van der Waals surface area contributed by atoms with E-state index in [-0.39, 0.29) is 0 Å². The first-order valence-corrected chi connectivity index (χ1v) is 12.1. The maximum absolute atomic E-state index is 10.1.